The second-order valence-electron chi connectivity index (χ2n) is 5.53. The van der Waals surface area contributed by atoms with Crippen molar-refractivity contribution in [2.45, 2.75) is 57.0 Å². The van der Waals surface area contributed by atoms with Crippen molar-refractivity contribution in [2.75, 3.05) is 7.11 Å². The van der Waals surface area contributed by atoms with Crippen LogP contribution in [0, 0.1) is 6.92 Å². The molecular weight excluding hydrogens is 310 g/mol. The highest BCUT2D eigenvalue weighted by atomic mass is 32.2. The number of carbonyl (C=O) groups excluding carboxylic acids is 1. The quantitative estimate of drug-likeness (QED) is 0.799. The Morgan fingerprint density at radius 3 is 2.43 bits per heavy atom. The van der Waals surface area contributed by atoms with Gasteiger partial charge in [-0.15, -0.1) is 11.3 Å². The van der Waals surface area contributed by atoms with Crippen LogP contribution in [0.4, 0.5) is 0 Å². The standard InChI is InChI=1S/C14H21NO4S2/c1-9-8-20-12(14(16)19-4)13(9)21(17,18)15-10(2)6-5-7-11(15)3/h8,10-11H,5-7H2,1-4H3/t10-,11+. The second-order valence-corrected chi connectivity index (χ2v) is 8.19. The predicted octanol–water partition coefficient (Wildman–Crippen LogP) is 2.79. The lowest BCUT2D eigenvalue weighted by Crippen LogP contribution is -2.47. The van der Waals surface area contributed by atoms with Crippen LogP contribution in [0.15, 0.2) is 10.3 Å². The molecule has 21 heavy (non-hydrogen) atoms. The molecule has 0 unspecified atom stereocenters. The van der Waals surface area contributed by atoms with E-state index < -0.39 is 16.0 Å². The molecule has 118 valence electrons. The minimum atomic E-state index is -3.69. The summed E-state index contributed by atoms with van der Waals surface area (Å²) in [5.41, 5.74) is 0.602. The van der Waals surface area contributed by atoms with Gasteiger partial charge in [-0.1, -0.05) is 6.42 Å². The van der Waals surface area contributed by atoms with E-state index in [2.05, 4.69) is 0 Å². The fraction of sp³-hybridized carbons (Fsp3) is 0.643. The molecule has 0 bridgehead atoms. The Labute approximate surface area is 130 Å². The second kappa shape index (κ2) is 6.06. The Morgan fingerprint density at radius 2 is 1.90 bits per heavy atom. The average molecular weight is 331 g/mol. The number of rotatable bonds is 3. The molecule has 5 nitrogen and oxygen atoms in total. The van der Waals surface area contributed by atoms with Crippen molar-refractivity contribution >= 4 is 27.3 Å². The van der Waals surface area contributed by atoms with Crippen LogP contribution in [-0.4, -0.2) is 37.9 Å². The SMILES string of the molecule is COC(=O)c1scc(C)c1S(=O)(=O)N1[C@H](C)CCC[C@@H]1C. The summed E-state index contributed by atoms with van der Waals surface area (Å²) in [4.78, 5) is 12.1. The number of sulfonamides is 1. The summed E-state index contributed by atoms with van der Waals surface area (Å²) < 4.78 is 32.4. The minimum Gasteiger partial charge on any atom is -0.465 e. The van der Waals surface area contributed by atoms with E-state index in [9.17, 15) is 13.2 Å². The lowest BCUT2D eigenvalue weighted by molar-refractivity contribution is 0.0601. The number of methoxy groups -OCH3 is 1. The van der Waals surface area contributed by atoms with E-state index >= 15 is 0 Å². The molecule has 7 heteroatoms. The predicted molar refractivity (Wildman–Crippen MR) is 82.2 cm³/mol. The number of esters is 1. The molecule has 1 aliphatic rings. The van der Waals surface area contributed by atoms with E-state index in [1.54, 1.807) is 16.6 Å². The van der Waals surface area contributed by atoms with Crippen molar-refractivity contribution in [3.8, 4) is 0 Å². The summed E-state index contributed by atoms with van der Waals surface area (Å²) in [5, 5.41) is 1.69. The molecule has 0 amide bonds. The van der Waals surface area contributed by atoms with Crippen molar-refractivity contribution < 1.29 is 17.9 Å². The van der Waals surface area contributed by atoms with Crippen LogP contribution in [-0.2, 0) is 14.8 Å². The maximum absolute atomic E-state index is 13.1. The summed E-state index contributed by atoms with van der Waals surface area (Å²) in [6, 6.07) is -0.105. The number of thiophene rings is 1. The summed E-state index contributed by atoms with van der Waals surface area (Å²) in [6.45, 7) is 5.56. The topological polar surface area (TPSA) is 63.7 Å². The Kier molecular flexibility index (Phi) is 4.75. The van der Waals surface area contributed by atoms with Gasteiger partial charge in [0, 0.05) is 12.1 Å². The molecule has 2 rings (SSSR count). The van der Waals surface area contributed by atoms with Crippen LogP contribution in [0.2, 0.25) is 0 Å². The van der Waals surface area contributed by atoms with Gasteiger partial charge >= 0.3 is 5.97 Å². The van der Waals surface area contributed by atoms with Crippen molar-refractivity contribution in [1.82, 2.24) is 4.31 Å². The van der Waals surface area contributed by atoms with Crippen molar-refractivity contribution in [3.63, 3.8) is 0 Å². The molecule has 1 fully saturated rings. The average Bonchev–Trinajstić information content (AvgIpc) is 2.80. The largest absolute Gasteiger partial charge is 0.465 e. The molecule has 2 atom stereocenters. The maximum atomic E-state index is 13.1. The Balaban J connectivity index is 2.54. The van der Waals surface area contributed by atoms with Gasteiger partial charge in [-0.3, -0.25) is 0 Å². The zero-order valence-electron chi connectivity index (χ0n) is 12.8. The van der Waals surface area contributed by atoms with Crippen LogP contribution < -0.4 is 0 Å². The molecule has 0 N–H and O–H groups in total. The first-order chi connectivity index (χ1) is 9.80. The molecule has 1 aliphatic heterocycles. The number of piperidine rings is 1. The number of nitrogens with zero attached hydrogens (tertiary/aromatic N) is 1. The molecule has 0 saturated carbocycles. The third kappa shape index (κ3) is 2.86. The highest BCUT2D eigenvalue weighted by Crippen LogP contribution is 2.35. The van der Waals surface area contributed by atoms with Gasteiger partial charge < -0.3 is 4.74 Å². The Morgan fingerprint density at radius 1 is 1.33 bits per heavy atom. The van der Waals surface area contributed by atoms with Crippen molar-refractivity contribution in [1.29, 1.82) is 0 Å². The Hall–Kier alpha value is -0.920. The third-order valence-corrected chi connectivity index (χ3v) is 7.46. The first kappa shape index (κ1) is 16.5. The molecule has 0 aliphatic carbocycles. The van der Waals surface area contributed by atoms with Crippen LogP contribution in [0.25, 0.3) is 0 Å². The van der Waals surface area contributed by atoms with Gasteiger partial charge in [0.1, 0.15) is 9.77 Å². The third-order valence-electron chi connectivity index (χ3n) is 3.94. The van der Waals surface area contributed by atoms with Crippen LogP contribution in [0.3, 0.4) is 0 Å². The number of aryl methyl sites for hydroxylation is 1. The van der Waals surface area contributed by atoms with Crippen LogP contribution in [0.1, 0.15) is 48.3 Å². The zero-order valence-corrected chi connectivity index (χ0v) is 14.4. The summed E-state index contributed by atoms with van der Waals surface area (Å²) in [7, 11) is -2.43. The molecule has 2 heterocycles. The van der Waals surface area contributed by atoms with Crippen molar-refractivity contribution in [2.24, 2.45) is 0 Å². The fourth-order valence-corrected chi connectivity index (χ4v) is 6.51. The molecular formula is C14H21NO4S2. The Bertz CT molecular complexity index is 625. The van der Waals surface area contributed by atoms with Gasteiger partial charge in [-0.25, -0.2) is 13.2 Å². The van der Waals surface area contributed by atoms with E-state index in [-0.39, 0.29) is 21.9 Å². The van der Waals surface area contributed by atoms with E-state index in [1.165, 1.54) is 7.11 Å². The highest BCUT2D eigenvalue weighted by molar-refractivity contribution is 7.89. The monoisotopic (exact) mass is 331 g/mol. The zero-order chi connectivity index (χ0) is 15.8. The van der Waals surface area contributed by atoms with E-state index in [4.69, 9.17) is 4.74 Å². The van der Waals surface area contributed by atoms with Gasteiger partial charge in [-0.2, -0.15) is 4.31 Å². The molecule has 0 radical (unpaired) electrons. The van der Waals surface area contributed by atoms with Gasteiger partial charge in [0.15, 0.2) is 0 Å². The fourth-order valence-electron chi connectivity index (χ4n) is 2.96. The number of hydrogen-bond donors (Lipinski definition) is 0. The van der Waals surface area contributed by atoms with Gasteiger partial charge in [0.05, 0.1) is 7.11 Å². The lowest BCUT2D eigenvalue weighted by Gasteiger charge is -2.37. The minimum absolute atomic E-state index is 0.0523. The highest BCUT2D eigenvalue weighted by Gasteiger charge is 2.39. The number of hydrogen-bond acceptors (Lipinski definition) is 5. The maximum Gasteiger partial charge on any atom is 0.349 e. The van der Waals surface area contributed by atoms with Crippen LogP contribution in [0.5, 0.6) is 0 Å². The van der Waals surface area contributed by atoms with Crippen molar-refractivity contribution in [3.05, 3.63) is 15.8 Å². The molecule has 1 saturated heterocycles. The molecule has 0 aromatic carbocycles. The lowest BCUT2D eigenvalue weighted by atomic mass is 10.0. The number of carbonyl (C=O) groups is 1. The molecule has 1 aromatic heterocycles. The normalized spacial score (nSPS) is 24.0. The molecule has 1 aromatic rings. The number of ether oxygens (including phenoxy) is 1. The van der Waals surface area contributed by atoms with Gasteiger partial charge in [0.2, 0.25) is 10.0 Å². The first-order valence-electron chi connectivity index (χ1n) is 7.00. The summed E-state index contributed by atoms with van der Waals surface area (Å²) in [5.74, 6) is -0.594. The molecule has 0 spiro atoms. The van der Waals surface area contributed by atoms with Gasteiger partial charge in [0.25, 0.3) is 0 Å². The first-order valence-corrected chi connectivity index (χ1v) is 9.32. The summed E-state index contributed by atoms with van der Waals surface area (Å²) in [6.07, 6.45) is 2.72. The van der Waals surface area contributed by atoms with Gasteiger partial charge in [-0.05, 0) is 44.6 Å². The van der Waals surface area contributed by atoms with E-state index in [0.29, 0.717) is 5.56 Å². The van der Waals surface area contributed by atoms with Crippen LogP contribution >= 0.6 is 11.3 Å². The smallest absolute Gasteiger partial charge is 0.349 e. The summed E-state index contributed by atoms with van der Waals surface area (Å²) >= 11 is 1.12. The van der Waals surface area contributed by atoms with E-state index in [0.717, 1.165) is 30.6 Å². The van der Waals surface area contributed by atoms with E-state index in [1.807, 2.05) is 13.8 Å².